The minimum absolute atomic E-state index is 0.0297. The summed E-state index contributed by atoms with van der Waals surface area (Å²) in [4.78, 5) is 2.06. The first-order valence-corrected chi connectivity index (χ1v) is 5.52. The van der Waals surface area contributed by atoms with E-state index < -0.39 is 12.2 Å². The van der Waals surface area contributed by atoms with E-state index in [-0.39, 0.29) is 24.1 Å². The van der Waals surface area contributed by atoms with Crippen molar-refractivity contribution in [2.45, 2.75) is 51.5 Å². The van der Waals surface area contributed by atoms with E-state index in [0.29, 0.717) is 6.54 Å². The van der Waals surface area contributed by atoms with Crippen LogP contribution in [0.4, 0.5) is 0 Å². The largest absolute Gasteiger partial charge is 0.395 e. The van der Waals surface area contributed by atoms with Crippen molar-refractivity contribution in [2.24, 2.45) is 5.92 Å². The number of aliphatic hydroxyl groups is 3. The van der Waals surface area contributed by atoms with E-state index in [2.05, 4.69) is 4.90 Å². The lowest BCUT2D eigenvalue weighted by atomic mass is 9.85. The average Bonchev–Trinajstić information content (AvgIpc) is 2.12. The molecule has 2 unspecified atom stereocenters. The van der Waals surface area contributed by atoms with Crippen molar-refractivity contribution in [3.63, 3.8) is 0 Å². The van der Waals surface area contributed by atoms with Gasteiger partial charge in [-0.25, -0.2) is 0 Å². The van der Waals surface area contributed by atoms with Crippen LogP contribution in [0.1, 0.15) is 27.7 Å². The molecule has 1 aliphatic heterocycles. The van der Waals surface area contributed by atoms with E-state index in [1.165, 1.54) is 0 Å². The number of aliphatic hydroxyl groups excluding tert-OH is 3. The maximum atomic E-state index is 9.89. The van der Waals surface area contributed by atoms with E-state index in [4.69, 9.17) is 0 Å². The average molecular weight is 217 g/mol. The van der Waals surface area contributed by atoms with Crippen LogP contribution in [0.25, 0.3) is 0 Å². The van der Waals surface area contributed by atoms with Crippen LogP contribution in [0.2, 0.25) is 0 Å². The van der Waals surface area contributed by atoms with Gasteiger partial charge in [-0.15, -0.1) is 0 Å². The minimum atomic E-state index is -0.863. The highest BCUT2D eigenvalue weighted by atomic mass is 16.3. The third-order valence-corrected chi connectivity index (χ3v) is 3.26. The summed E-state index contributed by atoms with van der Waals surface area (Å²) in [6.07, 6.45) is -1.60. The minimum Gasteiger partial charge on any atom is -0.395 e. The molecule has 0 saturated carbocycles. The molecule has 4 heteroatoms. The van der Waals surface area contributed by atoms with Crippen LogP contribution in [0, 0.1) is 5.92 Å². The monoisotopic (exact) mass is 217 g/mol. The Labute approximate surface area is 91.5 Å². The molecule has 0 radical (unpaired) electrons. The molecule has 90 valence electrons. The molecule has 4 atom stereocenters. The fourth-order valence-electron chi connectivity index (χ4n) is 2.28. The SMILES string of the molecule is CC1CN(C(C)(C)C)C(CO)[C@H](O)[C@@H]1O. The Morgan fingerprint density at radius 1 is 1.20 bits per heavy atom. The molecule has 1 rings (SSSR count). The molecule has 0 aromatic rings. The molecule has 3 N–H and O–H groups in total. The number of hydrogen-bond donors (Lipinski definition) is 3. The Bertz CT molecular complexity index is 214. The first-order chi connectivity index (χ1) is 6.79. The molecule has 0 aromatic carbocycles. The normalized spacial score (nSPS) is 39.4. The topological polar surface area (TPSA) is 63.9 Å². The highest BCUT2D eigenvalue weighted by Gasteiger charge is 2.43. The summed E-state index contributed by atoms with van der Waals surface area (Å²) in [5.41, 5.74) is -0.108. The zero-order valence-electron chi connectivity index (χ0n) is 10.0. The van der Waals surface area contributed by atoms with Gasteiger partial charge in [-0.3, -0.25) is 4.90 Å². The Kier molecular flexibility index (Phi) is 3.76. The summed E-state index contributed by atoms with van der Waals surface area (Å²) in [6, 6.07) is -0.365. The lowest BCUT2D eigenvalue weighted by Gasteiger charge is -2.50. The second-order valence-electron chi connectivity index (χ2n) is 5.53. The van der Waals surface area contributed by atoms with Crippen LogP contribution < -0.4 is 0 Å². The fourth-order valence-corrected chi connectivity index (χ4v) is 2.28. The summed E-state index contributed by atoms with van der Waals surface area (Å²) in [5.74, 6) is 0.0297. The molecule has 0 spiro atoms. The Morgan fingerprint density at radius 3 is 2.13 bits per heavy atom. The van der Waals surface area contributed by atoms with E-state index in [1.807, 2.05) is 27.7 Å². The summed E-state index contributed by atoms with van der Waals surface area (Å²) in [7, 11) is 0. The van der Waals surface area contributed by atoms with Gasteiger partial charge in [0.25, 0.3) is 0 Å². The van der Waals surface area contributed by atoms with Gasteiger partial charge in [0.1, 0.15) is 0 Å². The predicted octanol–water partition coefficient (Wildman–Crippen LogP) is -0.181. The van der Waals surface area contributed by atoms with Crippen molar-refractivity contribution in [1.29, 1.82) is 0 Å². The van der Waals surface area contributed by atoms with E-state index in [9.17, 15) is 15.3 Å². The fraction of sp³-hybridized carbons (Fsp3) is 1.00. The van der Waals surface area contributed by atoms with Gasteiger partial charge in [0, 0.05) is 12.1 Å². The van der Waals surface area contributed by atoms with E-state index >= 15 is 0 Å². The maximum Gasteiger partial charge on any atom is 0.0979 e. The quantitative estimate of drug-likeness (QED) is 0.570. The molecule has 0 aromatic heterocycles. The van der Waals surface area contributed by atoms with Gasteiger partial charge >= 0.3 is 0 Å². The number of rotatable bonds is 1. The Morgan fingerprint density at radius 2 is 1.73 bits per heavy atom. The Balaban J connectivity index is 2.87. The number of likely N-dealkylation sites (tertiary alicyclic amines) is 1. The van der Waals surface area contributed by atoms with E-state index in [0.717, 1.165) is 0 Å². The second kappa shape index (κ2) is 4.37. The van der Waals surface area contributed by atoms with Gasteiger partial charge in [-0.1, -0.05) is 6.92 Å². The lowest BCUT2D eigenvalue weighted by molar-refractivity contribution is -0.136. The van der Waals surface area contributed by atoms with Crippen LogP contribution >= 0.6 is 0 Å². The first-order valence-electron chi connectivity index (χ1n) is 5.52. The number of piperidine rings is 1. The van der Waals surface area contributed by atoms with Gasteiger partial charge in [0.2, 0.25) is 0 Å². The molecule has 15 heavy (non-hydrogen) atoms. The van der Waals surface area contributed by atoms with E-state index in [1.54, 1.807) is 0 Å². The van der Waals surface area contributed by atoms with Crippen molar-refractivity contribution in [3.8, 4) is 0 Å². The highest BCUT2D eigenvalue weighted by Crippen LogP contribution is 2.28. The van der Waals surface area contributed by atoms with Crippen molar-refractivity contribution in [1.82, 2.24) is 4.90 Å². The first kappa shape index (κ1) is 12.9. The maximum absolute atomic E-state index is 9.89. The van der Waals surface area contributed by atoms with Crippen molar-refractivity contribution in [3.05, 3.63) is 0 Å². The van der Waals surface area contributed by atoms with Crippen molar-refractivity contribution in [2.75, 3.05) is 13.2 Å². The molecular formula is C11H23NO3. The van der Waals surface area contributed by atoms with Crippen LogP contribution in [0.3, 0.4) is 0 Å². The molecule has 0 bridgehead atoms. The van der Waals surface area contributed by atoms with Crippen molar-refractivity contribution >= 4 is 0 Å². The molecule has 1 fully saturated rings. The molecule has 1 heterocycles. The molecule has 0 aliphatic carbocycles. The van der Waals surface area contributed by atoms with Crippen LogP contribution in [0.5, 0.6) is 0 Å². The van der Waals surface area contributed by atoms with Crippen LogP contribution in [-0.2, 0) is 0 Å². The molecular weight excluding hydrogens is 194 g/mol. The highest BCUT2D eigenvalue weighted by molar-refractivity contribution is 4.96. The van der Waals surface area contributed by atoms with Gasteiger partial charge in [0.15, 0.2) is 0 Å². The molecule has 1 saturated heterocycles. The molecule has 1 aliphatic rings. The van der Waals surface area contributed by atoms with Gasteiger partial charge in [-0.05, 0) is 26.7 Å². The smallest absolute Gasteiger partial charge is 0.0979 e. The lowest BCUT2D eigenvalue weighted by Crippen LogP contribution is -2.64. The third kappa shape index (κ3) is 2.50. The van der Waals surface area contributed by atoms with Crippen LogP contribution in [-0.4, -0.2) is 57.2 Å². The molecule has 4 nitrogen and oxygen atoms in total. The predicted molar refractivity (Wildman–Crippen MR) is 58.5 cm³/mol. The van der Waals surface area contributed by atoms with Crippen LogP contribution in [0.15, 0.2) is 0 Å². The standard InChI is InChI=1S/C11H23NO3/c1-7-5-12(11(2,3)4)8(6-13)10(15)9(7)14/h7-10,13-15H,5-6H2,1-4H3/t7?,8?,9-,10+/m1/s1. The van der Waals surface area contributed by atoms with Gasteiger partial charge in [-0.2, -0.15) is 0 Å². The summed E-state index contributed by atoms with van der Waals surface area (Å²) in [6.45, 7) is 8.64. The zero-order chi connectivity index (χ0) is 11.8. The number of nitrogens with zero attached hydrogens (tertiary/aromatic N) is 1. The van der Waals surface area contributed by atoms with Gasteiger partial charge in [0.05, 0.1) is 24.9 Å². The Hall–Kier alpha value is -0.160. The summed E-state index contributed by atoms with van der Waals surface area (Å²) in [5, 5.41) is 28.9. The third-order valence-electron chi connectivity index (χ3n) is 3.26. The summed E-state index contributed by atoms with van der Waals surface area (Å²) >= 11 is 0. The zero-order valence-corrected chi connectivity index (χ0v) is 10.0. The second-order valence-corrected chi connectivity index (χ2v) is 5.53. The molecule has 0 amide bonds. The van der Waals surface area contributed by atoms with Gasteiger partial charge < -0.3 is 15.3 Å². The van der Waals surface area contributed by atoms with Crippen molar-refractivity contribution < 1.29 is 15.3 Å². The summed E-state index contributed by atoms with van der Waals surface area (Å²) < 4.78 is 0. The number of hydrogen-bond acceptors (Lipinski definition) is 4.